The zero-order valence-electron chi connectivity index (χ0n) is 17.8. The van der Waals surface area contributed by atoms with E-state index in [0.29, 0.717) is 35.8 Å². The summed E-state index contributed by atoms with van der Waals surface area (Å²) in [4.78, 5) is 18.5. The number of benzene rings is 1. The first kappa shape index (κ1) is 23.2. The Morgan fingerprint density at radius 2 is 1.90 bits per heavy atom. The predicted molar refractivity (Wildman–Crippen MR) is 118 cm³/mol. The topological polar surface area (TPSA) is 101 Å². The molecule has 1 aromatic heterocycles. The summed E-state index contributed by atoms with van der Waals surface area (Å²) in [5.74, 6) is 6.70. The predicted octanol–water partition coefficient (Wildman–Crippen LogP) is 1.89. The molecule has 0 fully saturated rings. The van der Waals surface area contributed by atoms with Crippen LogP contribution < -0.4 is 15.8 Å². The van der Waals surface area contributed by atoms with E-state index in [1.807, 2.05) is 20.8 Å². The van der Waals surface area contributed by atoms with E-state index in [9.17, 15) is 9.90 Å². The number of aliphatic hydroxyl groups excluding tert-OH is 1. The molecular formula is C23H30N4O3. The summed E-state index contributed by atoms with van der Waals surface area (Å²) in [5, 5.41) is 12.8. The molecule has 0 saturated heterocycles. The van der Waals surface area contributed by atoms with Crippen LogP contribution in [0.2, 0.25) is 0 Å². The number of likely N-dealkylation sites (N-methyl/N-ethyl adjacent to an activating group) is 1. The molecule has 1 atom stereocenters. The van der Waals surface area contributed by atoms with Crippen LogP contribution in [0.1, 0.15) is 42.3 Å². The third kappa shape index (κ3) is 6.76. The van der Waals surface area contributed by atoms with Crippen molar-refractivity contribution < 1.29 is 14.6 Å². The van der Waals surface area contributed by atoms with Crippen LogP contribution in [0.5, 0.6) is 5.75 Å². The lowest BCUT2D eigenvalue weighted by Gasteiger charge is -2.22. The van der Waals surface area contributed by atoms with E-state index in [1.54, 1.807) is 36.5 Å². The van der Waals surface area contributed by atoms with Crippen molar-refractivity contribution in [3.8, 4) is 17.6 Å². The van der Waals surface area contributed by atoms with E-state index in [4.69, 9.17) is 10.5 Å². The molecular weight excluding hydrogens is 380 g/mol. The van der Waals surface area contributed by atoms with Gasteiger partial charge in [-0.3, -0.25) is 4.79 Å². The molecule has 7 heteroatoms. The van der Waals surface area contributed by atoms with E-state index in [-0.39, 0.29) is 12.5 Å². The van der Waals surface area contributed by atoms with Gasteiger partial charge in [0.15, 0.2) is 0 Å². The Morgan fingerprint density at radius 3 is 2.53 bits per heavy atom. The zero-order valence-corrected chi connectivity index (χ0v) is 17.8. The molecule has 0 aliphatic heterocycles. The molecule has 0 saturated carbocycles. The van der Waals surface area contributed by atoms with Crippen molar-refractivity contribution in [2.24, 2.45) is 0 Å². The highest BCUT2D eigenvalue weighted by Gasteiger charge is 2.12. The Labute approximate surface area is 178 Å². The van der Waals surface area contributed by atoms with Crippen molar-refractivity contribution in [2.75, 3.05) is 38.5 Å². The first-order valence-electron chi connectivity index (χ1n) is 10.2. The van der Waals surface area contributed by atoms with Gasteiger partial charge in [-0.1, -0.05) is 25.7 Å². The third-order valence-electron chi connectivity index (χ3n) is 4.58. The number of nitrogens with zero attached hydrogens (tertiary/aromatic N) is 2. The van der Waals surface area contributed by atoms with Gasteiger partial charge in [-0.05, 0) is 50.3 Å². The fraction of sp³-hybridized carbons (Fsp3) is 0.391. The Hall–Kier alpha value is -3.08. The minimum absolute atomic E-state index is 0.206. The molecule has 0 bridgehead atoms. The van der Waals surface area contributed by atoms with E-state index in [0.717, 1.165) is 18.7 Å². The van der Waals surface area contributed by atoms with Gasteiger partial charge >= 0.3 is 0 Å². The van der Waals surface area contributed by atoms with Crippen LogP contribution in [-0.2, 0) is 0 Å². The minimum Gasteiger partial charge on any atom is -0.492 e. The maximum atomic E-state index is 12.3. The number of nitrogen functional groups attached to an aromatic ring is 1. The lowest BCUT2D eigenvalue weighted by molar-refractivity contribution is 0.0869. The Bertz CT molecular complexity index is 884. The fourth-order valence-corrected chi connectivity index (χ4v) is 2.86. The molecule has 1 heterocycles. The quantitative estimate of drug-likeness (QED) is 0.546. The molecule has 1 aromatic carbocycles. The van der Waals surface area contributed by atoms with E-state index in [1.165, 1.54) is 0 Å². The highest BCUT2D eigenvalue weighted by atomic mass is 16.5. The zero-order chi connectivity index (χ0) is 21.9. The van der Waals surface area contributed by atoms with Gasteiger partial charge in [0.2, 0.25) is 0 Å². The van der Waals surface area contributed by atoms with Gasteiger partial charge in [0.05, 0.1) is 12.7 Å². The lowest BCUT2D eigenvalue weighted by atomic mass is 10.1. The van der Waals surface area contributed by atoms with Gasteiger partial charge < -0.3 is 25.8 Å². The molecule has 4 N–H and O–H groups in total. The lowest BCUT2D eigenvalue weighted by Crippen LogP contribution is -2.40. The molecule has 0 aliphatic carbocycles. The van der Waals surface area contributed by atoms with E-state index >= 15 is 0 Å². The van der Waals surface area contributed by atoms with E-state index < -0.39 is 6.10 Å². The van der Waals surface area contributed by atoms with Crippen molar-refractivity contribution >= 4 is 11.7 Å². The number of rotatable bonds is 9. The number of aromatic nitrogens is 1. The SMILES string of the molecule is CCOc1ccnc(N)c1C#Cc1ccc(C(=O)NCC(O)CN(CC)CC)cc1. The summed E-state index contributed by atoms with van der Waals surface area (Å²) in [6.45, 7) is 8.94. The average molecular weight is 411 g/mol. The standard InChI is InChI=1S/C23H30N4O3/c1-4-27(5-2)16-19(28)15-26-23(29)18-10-7-17(8-11-18)9-12-20-21(30-6-3)13-14-25-22(20)24/h7-8,10-11,13-14,19,28H,4-6,15-16H2,1-3H3,(H2,24,25)(H,26,29). The molecule has 0 spiro atoms. The first-order valence-corrected chi connectivity index (χ1v) is 10.2. The second-order valence-electron chi connectivity index (χ2n) is 6.68. The summed E-state index contributed by atoms with van der Waals surface area (Å²) < 4.78 is 5.54. The number of pyridine rings is 1. The summed E-state index contributed by atoms with van der Waals surface area (Å²) in [7, 11) is 0. The summed E-state index contributed by atoms with van der Waals surface area (Å²) >= 11 is 0. The number of carbonyl (C=O) groups excluding carboxylic acids is 1. The number of nitrogens with two attached hydrogens (primary N) is 1. The largest absolute Gasteiger partial charge is 0.492 e. The van der Waals surface area contributed by atoms with Gasteiger partial charge in [0.1, 0.15) is 17.1 Å². The second-order valence-corrected chi connectivity index (χ2v) is 6.68. The highest BCUT2D eigenvalue weighted by Crippen LogP contribution is 2.21. The van der Waals surface area contributed by atoms with Crippen molar-refractivity contribution in [1.82, 2.24) is 15.2 Å². The Kier molecular flexibility index (Phi) is 9.13. The smallest absolute Gasteiger partial charge is 0.251 e. The first-order chi connectivity index (χ1) is 14.5. The van der Waals surface area contributed by atoms with Crippen LogP contribution in [0.25, 0.3) is 0 Å². The number of hydrogen-bond donors (Lipinski definition) is 3. The van der Waals surface area contributed by atoms with Crippen molar-refractivity contribution in [1.29, 1.82) is 0 Å². The number of amides is 1. The Morgan fingerprint density at radius 1 is 1.20 bits per heavy atom. The number of hydrogen-bond acceptors (Lipinski definition) is 6. The van der Waals surface area contributed by atoms with Gasteiger partial charge in [-0.25, -0.2) is 4.98 Å². The summed E-state index contributed by atoms with van der Waals surface area (Å²) in [6, 6.07) is 8.66. The number of ether oxygens (including phenoxy) is 1. The molecule has 1 amide bonds. The maximum absolute atomic E-state index is 12.3. The molecule has 30 heavy (non-hydrogen) atoms. The van der Waals surface area contributed by atoms with Crippen molar-refractivity contribution in [3.63, 3.8) is 0 Å². The monoisotopic (exact) mass is 410 g/mol. The second kappa shape index (κ2) is 11.8. The normalized spacial score (nSPS) is 11.5. The molecule has 160 valence electrons. The Balaban J connectivity index is 1.99. The van der Waals surface area contributed by atoms with Crippen LogP contribution in [0.15, 0.2) is 36.5 Å². The molecule has 1 unspecified atom stereocenters. The third-order valence-corrected chi connectivity index (χ3v) is 4.58. The number of carbonyl (C=O) groups is 1. The van der Waals surface area contributed by atoms with Gasteiger partial charge in [0, 0.05) is 30.4 Å². The molecule has 0 radical (unpaired) electrons. The van der Waals surface area contributed by atoms with Crippen molar-refractivity contribution in [2.45, 2.75) is 26.9 Å². The maximum Gasteiger partial charge on any atom is 0.251 e. The highest BCUT2D eigenvalue weighted by molar-refractivity contribution is 5.94. The molecule has 2 aromatic rings. The van der Waals surface area contributed by atoms with Crippen LogP contribution in [0, 0.1) is 11.8 Å². The fourth-order valence-electron chi connectivity index (χ4n) is 2.86. The van der Waals surface area contributed by atoms with Crippen molar-refractivity contribution in [3.05, 3.63) is 53.2 Å². The summed E-state index contributed by atoms with van der Waals surface area (Å²) in [5.41, 5.74) is 7.70. The van der Waals surface area contributed by atoms with Gasteiger partial charge in [-0.15, -0.1) is 0 Å². The summed E-state index contributed by atoms with van der Waals surface area (Å²) in [6.07, 6.45) is 0.973. The minimum atomic E-state index is -0.608. The van der Waals surface area contributed by atoms with Crippen LogP contribution >= 0.6 is 0 Å². The van der Waals surface area contributed by atoms with Crippen LogP contribution in [0.4, 0.5) is 5.82 Å². The number of aliphatic hydroxyl groups is 1. The average Bonchev–Trinajstić information content (AvgIpc) is 2.76. The van der Waals surface area contributed by atoms with Gasteiger partial charge in [-0.2, -0.15) is 0 Å². The molecule has 2 rings (SSSR count). The van der Waals surface area contributed by atoms with E-state index in [2.05, 4.69) is 27.0 Å². The molecule has 7 nitrogen and oxygen atoms in total. The van der Waals surface area contributed by atoms with Crippen LogP contribution in [0.3, 0.4) is 0 Å². The van der Waals surface area contributed by atoms with Crippen LogP contribution in [-0.4, -0.2) is 59.8 Å². The van der Waals surface area contributed by atoms with Gasteiger partial charge in [0.25, 0.3) is 5.91 Å². The molecule has 0 aliphatic rings. The number of anilines is 1. The number of nitrogens with one attached hydrogen (secondary N) is 1.